The molecule has 1 amide bonds. The number of hydrogen-bond donors (Lipinski definition) is 0. The monoisotopic (exact) mass is 317 g/mol. The molecule has 0 N–H and O–H groups in total. The number of nitrogens with zero attached hydrogens (tertiary/aromatic N) is 3. The van der Waals surface area contributed by atoms with Crippen LogP contribution in [-0.2, 0) is 17.2 Å². The van der Waals surface area contributed by atoms with Crippen LogP contribution in [0.5, 0.6) is 0 Å². The highest BCUT2D eigenvalue weighted by Gasteiger charge is 2.14. The number of amides is 1. The van der Waals surface area contributed by atoms with Gasteiger partial charge in [-0.3, -0.25) is 4.79 Å². The molecule has 0 fully saturated rings. The second-order valence-electron chi connectivity index (χ2n) is 4.61. The first kappa shape index (κ1) is 15.1. The van der Waals surface area contributed by atoms with Crippen LogP contribution in [0, 0.1) is 5.82 Å². The highest BCUT2D eigenvalue weighted by Crippen LogP contribution is 2.24. The zero-order chi connectivity index (χ0) is 14.9. The molecular weight excluding hydrogens is 304 g/mol. The number of halogens is 3. The van der Waals surface area contributed by atoms with E-state index in [2.05, 4.69) is 4.98 Å². The Bertz CT molecular complexity index is 655. The third-order valence-electron chi connectivity index (χ3n) is 3.04. The molecule has 0 radical (unpaired) electrons. The first-order valence-electron chi connectivity index (χ1n) is 6.04. The van der Waals surface area contributed by atoms with Gasteiger partial charge in [0, 0.05) is 33.1 Å². The maximum Gasteiger partial charge on any atom is 0.223 e. The van der Waals surface area contributed by atoms with Crippen LogP contribution in [0.3, 0.4) is 0 Å². The standard InChI is InChI=1S/C13H14Cl2FN3O/c1-18(2)13(20)3-4-19-11-5-8(15)9(16)6-10(11)17-12(19)7-14/h5-6H,3-4,7H2,1-2H3. The predicted octanol–water partition coefficient (Wildman–Crippen LogP) is 3.05. The van der Waals surface area contributed by atoms with Crippen molar-refractivity contribution in [3.8, 4) is 0 Å². The van der Waals surface area contributed by atoms with E-state index in [-0.39, 0.29) is 16.8 Å². The van der Waals surface area contributed by atoms with Crippen molar-refractivity contribution in [3.05, 3.63) is 28.8 Å². The number of rotatable bonds is 4. The first-order chi connectivity index (χ1) is 9.43. The molecule has 0 unspecified atom stereocenters. The Balaban J connectivity index is 2.40. The normalized spacial score (nSPS) is 11.1. The molecule has 0 saturated heterocycles. The van der Waals surface area contributed by atoms with Gasteiger partial charge in [0.05, 0.1) is 21.9 Å². The molecule has 0 aliphatic heterocycles. The molecule has 0 aliphatic rings. The molecule has 108 valence electrons. The number of aryl methyl sites for hydroxylation is 1. The van der Waals surface area contributed by atoms with E-state index in [0.29, 0.717) is 29.8 Å². The number of alkyl halides is 1. The van der Waals surface area contributed by atoms with Crippen LogP contribution >= 0.6 is 23.2 Å². The van der Waals surface area contributed by atoms with Gasteiger partial charge < -0.3 is 9.47 Å². The lowest BCUT2D eigenvalue weighted by Gasteiger charge is -2.12. The lowest BCUT2D eigenvalue weighted by atomic mass is 10.3. The van der Waals surface area contributed by atoms with E-state index < -0.39 is 5.82 Å². The van der Waals surface area contributed by atoms with Crippen molar-refractivity contribution < 1.29 is 9.18 Å². The van der Waals surface area contributed by atoms with Crippen molar-refractivity contribution >= 4 is 40.1 Å². The van der Waals surface area contributed by atoms with Gasteiger partial charge >= 0.3 is 0 Å². The molecule has 1 aromatic heterocycles. The van der Waals surface area contributed by atoms with Gasteiger partial charge in [-0.2, -0.15) is 0 Å². The van der Waals surface area contributed by atoms with Gasteiger partial charge in [-0.05, 0) is 6.07 Å². The summed E-state index contributed by atoms with van der Waals surface area (Å²) in [6.07, 6.45) is 0.317. The third kappa shape index (κ3) is 2.88. The quantitative estimate of drug-likeness (QED) is 0.813. The second kappa shape index (κ2) is 5.97. The predicted molar refractivity (Wildman–Crippen MR) is 77.6 cm³/mol. The van der Waals surface area contributed by atoms with Crippen LogP contribution in [0.4, 0.5) is 4.39 Å². The van der Waals surface area contributed by atoms with Gasteiger partial charge in [0.1, 0.15) is 11.6 Å². The number of benzene rings is 1. The number of carbonyl (C=O) groups excluding carboxylic acids is 1. The summed E-state index contributed by atoms with van der Waals surface area (Å²) in [4.78, 5) is 17.5. The summed E-state index contributed by atoms with van der Waals surface area (Å²) in [5, 5.41) is 0.0266. The highest BCUT2D eigenvalue weighted by atomic mass is 35.5. The molecule has 2 rings (SSSR count). The SMILES string of the molecule is CN(C)C(=O)CCn1c(CCl)nc2cc(F)c(Cl)cc21. The maximum absolute atomic E-state index is 13.4. The Hall–Kier alpha value is -1.33. The van der Waals surface area contributed by atoms with Crippen molar-refractivity contribution in [1.29, 1.82) is 0 Å². The minimum atomic E-state index is -0.519. The minimum absolute atomic E-state index is 0.000538. The number of carbonyl (C=O) groups is 1. The Kier molecular flexibility index (Phi) is 4.50. The number of hydrogen-bond acceptors (Lipinski definition) is 2. The second-order valence-corrected chi connectivity index (χ2v) is 5.28. The smallest absolute Gasteiger partial charge is 0.223 e. The maximum atomic E-state index is 13.4. The molecule has 0 spiro atoms. The molecule has 0 saturated carbocycles. The molecule has 1 aromatic carbocycles. The summed E-state index contributed by atoms with van der Waals surface area (Å²) in [5.41, 5.74) is 1.17. The van der Waals surface area contributed by atoms with Crippen LogP contribution < -0.4 is 0 Å². The number of fused-ring (bicyclic) bond motifs is 1. The lowest BCUT2D eigenvalue weighted by molar-refractivity contribution is -0.128. The van der Waals surface area contributed by atoms with E-state index in [9.17, 15) is 9.18 Å². The molecule has 4 nitrogen and oxygen atoms in total. The molecule has 7 heteroatoms. The molecule has 0 bridgehead atoms. The van der Waals surface area contributed by atoms with Gasteiger partial charge in [0.25, 0.3) is 0 Å². The molecule has 20 heavy (non-hydrogen) atoms. The fraction of sp³-hybridized carbons (Fsp3) is 0.385. The van der Waals surface area contributed by atoms with E-state index in [4.69, 9.17) is 23.2 Å². The zero-order valence-corrected chi connectivity index (χ0v) is 12.7. The largest absolute Gasteiger partial charge is 0.349 e. The Morgan fingerprint density at radius 2 is 2.15 bits per heavy atom. The third-order valence-corrected chi connectivity index (χ3v) is 3.57. The van der Waals surface area contributed by atoms with E-state index >= 15 is 0 Å². The fourth-order valence-electron chi connectivity index (χ4n) is 1.95. The molecule has 0 aliphatic carbocycles. The van der Waals surface area contributed by atoms with Crippen molar-refractivity contribution in [1.82, 2.24) is 14.5 Å². The minimum Gasteiger partial charge on any atom is -0.349 e. The molecule has 1 heterocycles. The van der Waals surface area contributed by atoms with Crippen molar-refractivity contribution in [2.24, 2.45) is 0 Å². The Morgan fingerprint density at radius 3 is 2.75 bits per heavy atom. The van der Waals surface area contributed by atoms with E-state index in [1.165, 1.54) is 17.0 Å². The van der Waals surface area contributed by atoms with Crippen molar-refractivity contribution in [3.63, 3.8) is 0 Å². The van der Waals surface area contributed by atoms with Crippen LogP contribution in [0.25, 0.3) is 11.0 Å². The Morgan fingerprint density at radius 1 is 1.45 bits per heavy atom. The topological polar surface area (TPSA) is 38.1 Å². The van der Waals surface area contributed by atoms with Gasteiger partial charge in [-0.25, -0.2) is 9.37 Å². The highest BCUT2D eigenvalue weighted by molar-refractivity contribution is 6.31. The van der Waals surface area contributed by atoms with E-state index in [1.54, 1.807) is 18.7 Å². The number of imidazole rings is 1. The zero-order valence-electron chi connectivity index (χ0n) is 11.2. The Labute approximate surface area is 126 Å². The average Bonchev–Trinajstić information content (AvgIpc) is 2.73. The summed E-state index contributed by atoms with van der Waals surface area (Å²) in [7, 11) is 3.39. The van der Waals surface area contributed by atoms with Crippen molar-refractivity contribution in [2.75, 3.05) is 14.1 Å². The van der Waals surface area contributed by atoms with Gasteiger partial charge in [-0.15, -0.1) is 11.6 Å². The average molecular weight is 318 g/mol. The van der Waals surface area contributed by atoms with Crippen molar-refractivity contribution in [2.45, 2.75) is 18.8 Å². The summed E-state index contributed by atoms with van der Waals surface area (Å²) in [5.74, 6) is 0.258. The summed E-state index contributed by atoms with van der Waals surface area (Å²) >= 11 is 11.7. The first-order valence-corrected chi connectivity index (χ1v) is 6.95. The summed E-state index contributed by atoms with van der Waals surface area (Å²) in [6.45, 7) is 0.428. The lowest BCUT2D eigenvalue weighted by Crippen LogP contribution is -2.23. The van der Waals surface area contributed by atoms with E-state index in [1.807, 2.05) is 0 Å². The van der Waals surface area contributed by atoms with Gasteiger partial charge in [0.15, 0.2) is 0 Å². The summed E-state index contributed by atoms with van der Waals surface area (Å²) < 4.78 is 15.2. The van der Waals surface area contributed by atoms with Crippen LogP contribution in [0.2, 0.25) is 5.02 Å². The van der Waals surface area contributed by atoms with Crippen LogP contribution in [0.1, 0.15) is 12.2 Å². The van der Waals surface area contributed by atoms with Crippen LogP contribution in [0.15, 0.2) is 12.1 Å². The molecular formula is C13H14Cl2FN3O. The number of aromatic nitrogens is 2. The van der Waals surface area contributed by atoms with Gasteiger partial charge in [0.2, 0.25) is 5.91 Å². The van der Waals surface area contributed by atoms with Gasteiger partial charge in [-0.1, -0.05) is 11.6 Å². The van der Waals surface area contributed by atoms with Crippen LogP contribution in [-0.4, -0.2) is 34.5 Å². The molecule has 0 atom stereocenters. The van der Waals surface area contributed by atoms with E-state index in [0.717, 1.165) is 0 Å². The summed E-state index contributed by atoms with van der Waals surface area (Å²) in [6, 6.07) is 2.79. The molecule has 2 aromatic rings. The fourth-order valence-corrected chi connectivity index (χ4v) is 2.31.